The molecule has 0 heterocycles. The van der Waals surface area contributed by atoms with E-state index >= 15 is 0 Å². The average molecular weight is 330 g/mol. The van der Waals surface area contributed by atoms with Crippen LogP contribution in [0.1, 0.15) is 11.1 Å². The molecule has 0 spiro atoms. The lowest BCUT2D eigenvalue weighted by molar-refractivity contribution is -0.111. The first kappa shape index (κ1) is 16.9. The summed E-state index contributed by atoms with van der Waals surface area (Å²) in [5, 5.41) is 2.75. The highest BCUT2D eigenvalue weighted by molar-refractivity contribution is 7.89. The maximum Gasteiger partial charge on any atom is 0.248 e. The summed E-state index contributed by atoms with van der Waals surface area (Å²) in [5.41, 5.74) is 2.58. The largest absolute Gasteiger partial charge is 0.323 e. The van der Waals surface area contributed by atoms with Crippen molar-refractivity contribution in [1.29, 1.82) is 0 Å². The number of carbonyl (C=O) groups is 1. The number of carbonyl (C=O) groups excluding carboxylic acids is 1. The Hall–Kier alpha value is -2.44. The van der Waals surface area contributed by atoms with E-state index < -0.39 is 10.0 Å². The van der Waals surface area contributed by atoms with Gasteiger partial charge in [-0.2, -0.15) is 0 Å². The standard InChI is InChI=1S/C17H18N2O3S/c1-13-3-8-15(9-4-13)19-17(20)12-7-14-5-10-16(11-6-14)23(21,22)18-2/h3-12,18H,1-2H3,(H,19,20)/b12-7+. The van der Waals surface area contributed by atoms with Crippen molar-refractivity contribution in [3.05, 3.63) is 65.7 Å². The lowest BCUT2D eigenvalue weighted by Crippen LogP contribution is -2.18. The molecule has 2 rings (SSSR count). The summed E-state index contributed by atoms with van der Waals surface area (Å²) in [5.74, 6) is -0.249. The summed E-state index contributed by atoms with van der Waals surface area (Å²) in [6.07, 6.45) is 3.03. The molecule has 6 heteroatoms. The smallest absolute Gasteiger partial charge is 0.248 e. The van der Waals surface area contributed by atoms with E-state index in [2.05, 4.69) is 10.0 Å². The number of nitrogens with one attached hydrogen (secondary N) is 2. The van der Waals surface area contributed by atoms with E-state index in [1.807, 2.05) is 31.2 Å². The third kappa shape index (κ3) is 4.77. The predicted octanol–water partition coefficient (Wildman–Crippen LogP) is 2.56. The van der Waals surface area contributed by atoms with Gasteiger partial charge in [-0.05, 0) is 49.9 Å². The number of sulfonamides is 1. The zero-order valence-corrected chi connectivity index (χ0v) is 13.7. The van der Waals surface area contributed by atoms with Crippen LogP contribution < -0.4 is 10.0 Å². The van der Waals surface area contributed by atoms with Crippen molar-refractivity contribution in [3.63, 3.8) is 0 Å². The van der Waals surface area contributed by atoms with Gasteiger partial charge in [0, 0.05) is 11.8 Å². The van der Waals surface area contributed by atoms with Gasteiger partial charge in [-0.3, -0.25) is 4.79 Å². The lowest BCUT2D eigenvalue weighted by atomic mass is 10.2. The maximum absolute atomic E-state index is 11.8. The summed E-state index contributed by atoms with van der Waals surface area (Å²) in [6, 6.07) is 13.8. The summed E-state index contributed by atoms with van der Waals surface area (Å²) < 4.78 is 25.5. The maximum atomic E-state index is 11.8. The second-order valence-electron chi connectivity index (χ2n) is 4.97. The van der Waals surface area contributed by atoms with Crippen molar-refractivity contribution in [2.75, 3.05) is 12.4 Å². The van der Waals surface area contributed by atoms with Crippen molar-refractivity contribution in [3.8, 4) is 0 Å². The average Bonchev–Trinajstić information content (AvgIpc) is 2.55. The van der Waals surface area contributed by atoms with Crippen molar-refractivity contribution in [2.24, 2.45) is 0 Å². The van der Waals surface area contributed by atoms with Crippen molar-refractivity contribution >= 4 is 27.7 Å². The van der Waals surface area contributed by atoms with E-state index in [1.165, 1.54) is 25.3 Å². The second-order valence-corrected chi connectivity index (χ2v) is 6.85. The fourth-order valence-corrected chi connectivity index (χ4v) is 2.60. The van der Waals surface area contributed by atoms with Gasteiger partial charge in [-0.1, -0.05) is 29.8 Å². The highest BCUT2D eigenvalue weighted by atomic mass is 32.2. The van der Waals surface area contributed by atoms with Crippen molar-refractivity contribution < 1.29 is 13.2 Å². The Morgan fingerprint density at radius 2 is 1.61 bits per heavy atom. The van der Waals surface area contributed by atoms with Crippen LogP contribution in [0.3, 0.4) is 0 Å². The topological polar surface area (TPSA) is 75.3 Å². The van der Waals surface area contributed by atoms with Gasteiger partial charge in [0.2, 0.25) is 15.9 Å². The summed E-state index contributed by atoms with van der Waals surface area (Å²) in [6.45, 7) is 1.98. The molecule has 0 radical (unpaired) electrons. The molecule has 23 heavy (non-hydrogen) atoms. The number of aryl methyl sites for hydroxylation is 1. The number of rotatable bonds is 5. The van der Waals surface area contributed by atoms with Gasteiger partial charge >= 0.3 is 0 Å². The number of amides is 1. The Bertz CT molecular complexity index is 808. The van der Waals surface area contributed by atoms with Gasteiger partial charge in [-0.25, -0.2) is 13.1 Å². The van der Waals surface area contributed by atoms with Gasteiger partial charge in [0.1, 0.15) is 0 Å². The first-order chi connectivity index (χ1) is 10.9. The van der Waals surface area contributed by atoms with E-state index in [0.717, 1.165) is 16.8 Å². The van der Waals surface area contributed by atoms with Gasteiger partial charge in [0.15, 0.2) is 0 Å². The minimum Gasteiger partial charge on any atom is -0.323 e. The first-order valence-corrected chi connectivity index (χ1v) is 8.48. The number of benzene rings is 2. The zero-order valence-electron chi connectivity index (χ0n) is 12.9. The molecular formula is C17H18N2O3S. The van der Waals surface area contributed by atoms with E-state index in [1.54, 1.807) is 18.2 Å². The molecule has 0 aliphatic heterocycles. The molecule has 0 aliphatic carbocycles. The van der Waals surface area contributed by atoms with E-state index in [9.17, 15) is 13.2 Å². The first-order valence-electron chi connectivity index (χ1n) is 7.00. The molecule has 0 atom stereocenters. The molecular weight excluding hydrogens is 312 g/mol. The minimum absolute atomic E-state index is 0.182. The molecule has 2 N–H and O–H groups in total. The van der Waals surface area contributed by atoms with Gasteiger partial charge in [0.25, 0.3) is 0 Å². The highest BCUT2D eigenvalue weighted by Gasteiger charge is 2.09. The van der Waals surface area contributed by atoms with Gasteiger partial charge in [0.05, 0.1) is 4.90 Å². The van der Waals surface area contributed by atoms with Crippen LogP contribution in [0.25, 0.3) is 6.08 Å². The molecule has 120 valence electrons. The molecule has 2 aromatic carbocycles. The SMILES string of the molecule is CNS(=O)(=O)c1ccc(/C=C/C(=O)Nc2ccc(C)cc2)cc1. The van der Waals surface area contributed by atoms with Crippen LogP contribution in [0.15, 0.2) is 59.5 Å². The normalized spacial score (nSPS) is 11.6. The quantitative estimate of drug-likeness (QED) is 0.827. The Labute approximate surface area is 136 Å². The molecule has 0 saturated carbocycles. The lowest BCUT2D eigenvalue weighted by Gasteiger charge is -2.03. The molecule has 0 aromatic heterocycles. The molecule has 0 bridgehead atoms. The fourth-order valence-electron chi connectivity index (χ4n) is 1.87. The van der Waals surface area contributed by atoms with Crippen LogP contribution in [0.5, 0.6) is 0 Å². The van der Waals surface area contributed by atoms with E-state index in [0.29, 0.717) is 0 Å². The fraction of sp³-hybridized carbons (Fsp3) is 0.118. The number of anilines is 1. The molecule has 0 unspecified atom stereocenters. The predicted molar refractivity (Wildman–Crippen MR) is 91.5 cm³/mol. The molecule has 1 amide bonds. The summed E-state index contributed by atoms with van der Waals surface area (Å²) >= 11 is 0. The molecule has 0 aliphatic rings. The molecule has 0 saturated heterocycles. The van der Waals surface area contributed by atoms with Crippen molar-refractivity contribution in [1.82, 2.24) is 4.72 Å². The third-order valence-corrected chi connectivity index (χ3v) is 4.64. The van der Waals surface area contributed by atoms with Gasteiger partial charge in [-0.15, -0.1) is 0 Å². The van der Waals surface area contributed by atoms with Crippen LogP contribution in [0.2, 0.25) is 0 Å². The van der Waals surface area contributed by atoms with Crippen LogP contribution in [0.4, 0.5) is 5.69 Å². The summed E-state index contributed by atoms with van der Waals surface area (Å²) in [4.78, 5) is 12.0. The Morgan fingerprint density at radius 1 is 1.00 bits per heavy atom. The molecule has 5 nitrogen and oxygen atoms in total. The molecule has 2 aromatic rings. The van der Waals surface area contributed by atoms with Crippen LogP contribution in [-0.4, -0.2) is 21.4 Å². The van der Waals surface area contributed by atoms with Crippen LogP contribution in [0, 0.1) is 6.92 Å². The highest BCUT2D eigenvalue weighted by Crippen LogP contribution is 2.12. The third-order valence-electron chi connectivity index (χ3n) is 3.21. The monoisotopic (exact) mass is 330 g/mol. The van der Waals surface area contributed by atoms with Crippen molar-refractivity contribution in [2.45, 2.75) is 11.8 Å². The van der Waals surface area contributed by atoms with Crippen LogP contribution >= 0.6 is 0 Å². The molecule has 0 fully saturated rings. The number of hydrogen-bond donors (Lipinski definition) is 2. The van der Waals surface area contributed by atoms with Crippen LogP contribution in [-0.2, 0) is 14.8 Å². The van der Waals surface area contributed by atoms with E-state index in [-0.39, 0.29) is 10.8 Å². The Balaban J connectivity index is 2.02. The summed E-state index contributed by atoms with van der Waals surface area (Å²) in [7, 11) is -2.08. The Kier molecular flexibility index (Phi) is 5.31. The number of hydrogen-bond acceptors (Lipinski definition) is 3. The zero-order chi connectivity index (χ0) is 16.9. The minimum atomic E-state index is -3.44. The second kappa shape index (κ2) is 7.21. The van der Waals surface area contributed by atoms with Gasteiger partial charge < -0.3 is 5.32 Å². The van der Waals surface area contributed by atoms with E-state index in [4.69, 9.17) is 0 Å². The Morgan fingerprint density at radius 3 is 2.17 bits per heavy atom.